The van der Waals surface area contributed by atoms with Crippen molar-refractivity contribution in [3.63, 3.8) is 0 Å². The van der Waals surface area contributed by atoms with E-state index in [4.69, 9.17) is 27.2 Å². The van der Waals surface area contributed by atoms with Gasteiger partial charge in [0.25, 0.3) is 10.0 Å². The van der Waals surface area contributed by atoms with Gasteiger partial charge in [0.15, 0.2) is 0 Å². The van der Waals surface area contributed by atoms with Crippen LogP contribution in [0.4, 0.5) is 0 Å². The van der Waals surface area contributed by atoms with Crippen LogP contribution in [0.15, 0.2) is 58.0 Å². The molecule has 31 heavy (non-hydrogen) atoms. The van der Waals surface area contributed by atoms with E-state index < -0.39 is 10.0 Å². The number of nitrogens with two attached hydrogens (primary N) is 1. The molecule has 0 radical (unpaired) electrons. The van der Waals surface area contributed by atoms with E-state index in [9.17, 15) is 13.2 Å². The van der Waals surface area contributed by atoms with Gasteiger partial charge in [-0.3, -0.25) is 10.2 Å². The van der Waals surface area contributed by atoms with E-state index in [1.165, 1.54) is 6.07 Å². The number of rotatable bonds is 5. The van der Waals surface area contributed by atoms with Crippen LogP contribution >= 0.6 is 24.0 Å². The lowest BCUT2D eigenvalue weighted by Gasteiger charge is -2.33. The van der Waals surface area contributed by atoms with Gasteiger partial charge in [0.2, 0.25) is 11.0 Å². The first-order chi connectivity index (χ1) is 14.2. The summed E-state index contributed by atoms with van der Waals surface area (Å²) in [5.41, 5.74) is 7.34. The van der Waals surface area contributed by atoms with Crippen LogP contribution in [0.3, 0.4) is 0 Å². The van der Waals surface area contributed by atoms with Gasteiger partial charge in [-0.1, -0.05) is 35.9 Å². The zero-order valence-corrected chi connectivity index (χ0v) is 18.6. The summed E-state index contributed by atoms with van der Waals surface area (Å²) in [7, 11) is -3.94. The fourth-order valence-electron chi connectivity index (χ4n) is 3.31. The van der Waals surface area contributed by atoms with Gasteiger partial charge < -0.3 is 15.1 Å². The van der Waals surface area contributed by atoms with Crippen LogP contribution in [-0.4, -0.2) is 49.0 Å². The molecule has 1 amide bonds. The Kier molecular flexibility index (Phi) is 6.61. The number of carbonyl (C=O) groups is 1. The third-order valence-electron chi connectivity index (χ3n) is 4.97. The summed E-state index contributed by atoms with van der Waals surface area (Å²) >= 11 is 5.95. The molecule has 0 spiro atoms. The monoisotopic (exact) mass is 482 g/mol. The number of sulfonamides is 1. The summed E-state index contributed by atoms with van der Waals surface area (Å²) in [6.45, 7) is 0.524. The van der Waals surface area contributed by atoms with Crippen molar-refractivity contribution in [2.45, 2.75) is 11.6 Å². The number of carbonyl (C=O) groups excluding carboxylic acids is 1. The molecule has 1 saturated heterocycles. The molecule has 1 aliphatic heterocycles. The molecular weight excluding hydrogens is 463 g/mol. The molecule has 1 fully saturated rings. The van der Waals surface area contributed by atoms with E-state index in [2.05, 4.69) is 0 Å². The third kappa shape index (κ3) is 4.69. The molecule has 164 valence electrons. The first-order valence-corrected chi connectivity index (χ1v) is 11.0. The van der Waals surface area contributed by atoms with Crippen molar-refractivity contribution in [2.75, 3.05) is 19.6 Å². The van der Waals surface area contributed by atoms with E-state index >= 15 is 0 Å². The first-order valence-electron chi connectivity index (χ1n) is 9.14. The highest BCUT2D eigenvalue weighted by atomic mass is 35.5. The average molecular weight is 483 g/mol. The van der Waals surface area contributed by atoms with Gasteiger partial charge in [-0.15, -0.1) is 12.4 Å². The number of furan rings is 1. The molecule has 0 unspecified atom stereocenters. The zero-order valence-electron chi connectivity index (χ0n) is 16.2. The van der Waals surface area contributed by atoms with Crippen LogP contribution in [0.5, 0.6) is 0 Å². The molecule has 1 aliphatic rings. The minimum absolute atomic E-state index is 0. The van der Waals surface area contributed by atoms with Gasteiger partial charge in [0.05, 0.1) is 6.54 Å². The lowest BCUT2D eigenvalue weighted by Crippen LogP contribution is -2.51. The number of hydrogen-bond donors (Lipinski definition) is 2. The number of amides is 1. The lowest BCUT2D eigenvalue weighted by atomic mass is 10.1. The number of benzene rings is 2. The minimum atomic E-state index is -3.94. The summed E-state index contributed by atoms with van der Waals surface area (Å²) in [5, 5.41) is 8.28. The summed E-state index contributed by atoms with van der Waals surface area (Å²) in [5.74, 6) is -0.316. The highest BCUT2D eigenvalue weighted by Gasteiger charge is 2.34. The molecule has 2 heterocycles. The topological polar surface area (TPSA) is 121 Å². The normalized spacial score (nSPS) is 15.1. The molecule has 0 saturated carbocycles. The maximum Gasteiger partial charge on any atom is 0.277 e. The number of nitrogens with one attached hydrogen (secondary N) is 1. The number of piperazine rings is 1. The fraction of sp³-hybridized carbons (Fsp3) is 0.200. The van der Waals surface area contributed by atoms with Gasteiger partial charge in [0.1, 0.15) is 11.4 Å². The summed E-state index contributed by atoms with van der Waals surface area (Å²) in [4.78, 5) is 14.2. The Morgan fingerprint density at radius 2 is 1.84 bits per heavy atom. The van der Waals surface area contributed by atoms with Crippen molar-refractivity contribution in [3.8, 4) is 0 Å². The van der Waals surface area contributed by atoms with E-state index in [-0.39, 0.29) is 48.9 Å². The summed E-state index contributed by atoms with van der Waals surface area (Å²) in [6, 6.07) is 13.3. The van der Waals surface area contributed by atoms with Gasteiger partial charge in [-0.05, 0) is 23.8 Å². The van der Waals surface area contributed by atoms with Crippen molar-refractivity contribution < 1.29 is 17.6 Å². The van der Waals surface area contributed by atoms with E-state index in [1.807, 2.05) is 0 Å². The van der Waals surface area contributed by atoms with Crippen molar-refractivity contribution in [2.24, 2.45) is 5.73 Å². The third-order valence-corrected chi connectivity index (χ3v) is 6.91. The molecule has 0 bridgehead atoms. The molecule has 1 aromatic heterocycles. The molecule has 2 aromatic carbocycles. The molecule has 4 rings (SSSR count). The molecule has 8 nitrogen and oxygen atoms in total. The van der Waals surface area contributed by atoms with Crippen LogP contribution in [0.1, 0.15) is 11.1 Å². The fourth-order valence-corrected chi connectivity index (χ4v) is 4.82. The number of nitrogen functional groups attached to an aromatic ring is 1. The molecule has 0 atom stereocenters. The minimum Gasteiger partial charge on any atom is -0.443 e. The lowest BCUT2D eigenvalue weighted by molar-refractivity contribution is -0.134. The Labute approximate surface area is 190 Å². The van der Waals surface area contributed by atoms with Gasteiger partial charge >= 0.3 is 0 Å². The Morgan fingerprint density at radius 1 is 1.13 bits per heavy atom. The first kappa shape index (κ1) is 23.1. The molecule has 3 N–H and O–H groups in total. The molecule has 3 aromatic rings. The Bertz CT molecular complexity index is 1240. The van der Waals surface area contributed by atoms with Crippen LogP contribution in [0.2, 0.25) is 5.02 Å². The molecular formula is C20H20Cl2N4O4S. The second kappa shape index (κ2) is 8.88. The standard InChI is InChI=1S/C20H19ClN4O4S.ClH/c21-16-5-6-17-15(9-16)10-19(29-17)30(27,28)25-8-7-24(18(26)12-25)11-13-1-3-14(4-2-13)20(22)23;/h1-6,9-10H,7-8,11-12H2,(H3,22,23);1H. The summed E-state index contributed by atoms with van der Waals surface area (Å²) in [6.07, 6.45) is 0. The smallest absolute Gasteiger partial charge is 0.277 e. The van der Waals surface area contributed by atoms with Crippen LogP contribution < -0.4 is 5.73 Å². The number of hydrogen-bond acceptors (Lipinski definition) is 5. The highest BCUT2D eigenvalue weighted by molar-refractivity contribution is 7.89. The highest BCUT2D eigenvalue weighted by Crippen LogP contribution is 2.28. The second-order valence-electron chi connectivity index (χ2n) is 7.01. The van der Waals surface area contributed by atoms with E-state index in [1.54, 1.807) is 47.4 Å². The number of nitrogens with zero attached hydrogens (tertiary/aromatic N) is 2. The van der Waals surface area contributed by atoms with Gasteiger partial charge in [-0.2, -0.15) is 4.31 Å². The van der Waals surface area contributed by atoms with Crippen molar-refractivity contribution in [3.05, 3.63) is 64.7 Å². The quantitative estimate of drug-likeness (QED) is 0.427. The Hall–Kier alpha value is -2.59. The maximum atomic E-state index is 13.0. The predicted octanol–water partition coefficient (Wildman–Crippen LogP) is 2.83. The van der Waals surface area contributed by atoms with Crippen molar-refractivity contribution in [1.29, 1.82) is 5.41 Å². The van der Waals surface area contributed by atoms with Crippen LogP contribution in [-0.2, 0) is 21.4 Å². The number of fused-ring (bicyclic) bond motifs is 1. The number of amidine groups is 1. The SMILES string of the molecule is Cl.N=C(N)c1ccc(CN2CCN(S(=O)(=O)c3cc4cc(Cl)ccc4o3)CC2=O)cc1. The Balaban J connectivity index is 0.00000272. The predicted molar refractivity (Wildman–Crippen MR) is 120 cm³/mol. The van der Waals surface area contributed by atoms with Crippen molar-refractivity contribution >= 4 is 56.7 Å². The second-order valence-corrected chi connectivity index (χ2v) is 9.32. The van der Waals surface area contributed by atoms with Gasteiger partial charge in [-0.25, -0.2) is 8.42 Å². The zero-order chi connectivity index (χ0) is 21.5. The van der Waals surface area contributed by atoms with E-state index in [0.717, 1.165) is 9.87 Å². The molecule has 11 heteroatoms. The average Bonchev–Trinajstić information content (AvgIpc) is 3.14. The Morgan fingerprint density at radius 3 is 2.48 bits per heavy atom. The number of halogens is 2. The summed E-state index contributed by atoms with van der Waals surface area (Å²) < 4.78 is 32.5. The van der Waals surface area contributed by atoms with E-state index in [0.29, 0.717) is 28.1 Å². The molecule has 0 aliphatic carbocycles. The van der Waals surface area contributed by atoms with Crippen LogP contribution in [0, 0.1) is 5.41 Å². The largest absolute Gasteiger partial charge is 0.443 e. The maximum absolute atomic E-state index is 13.0. The van der Waals surface area contributed by atoms with Gasteiger partial charge in [0, 0.05) is 41.7 Å². The van der Waals surface area contributed by atoms with Crippen molar-refractivity contribution in [1.82, 2.24) is 9.21 Å². The van der Waals surface area contributed by atoms with Crippen LogP contribution in [0.25, 0.3) is 11.0 Å².